The molecule has 0 saturated heterocycles. The Morgan fingerprint density at radius 2 is 2.07 bits per heavy atom. The number of allylic oxidation sites excluding steroid dienone is 1. The fourth-order valence-electron chi connectivity index (χ4n) is 3.87. The number of carbonyl (C=O) groups is 1. The smallest absolute Gasteiger partial charge is 0.174 e. The van der Waals surface area contributed by atoms with Crippen LogP contribution in [0.3, 0.4) is 0 Å². The minimum atomic E-state index is -0.628. The summed E-state index contributed by atoms with van der Waals surface area (Å²) < 4.78 is 18.2. The topological polar surface area (TPSA) is 65.0 Å². The number of ether oxygens (including phenoxy) is 3. The van der Waals surface area contributed by atoms with E-state index in [1.807, 2.05) is 32.9 Å². The largest absolute Gasteiger partial charge is 0.495 e. The van der Waals surface area contributed by atoms with E-state index in [1.54, 1.807) is 20.1 Å². The molecule has 0 fully saturated rings. The second-order valence-corrected chi connectivity index (χ2v) is 8.13. The van der Waals surface area contributed by atoms with Crippen molar-refractivity contribution in [2.24, 2.45) is 0 Å². The number of hydrogen-bond donors (Lipinski definition) is 1. The van der Waals surface area contributed by atoms with Gasteiger partial charge in [-0.25, -0.2) is 0 Å². The molecule has 1 N–H and O–H groups in total. The molecule has 5 heteroatoms. The van der Waals surface area contributed by atoms with Crippen molar-refractivity contribution in [1.82, 2.24) is 0 Å². The lowest BCUT2D eigenvalue weighted by Crippen LogP contribution is -2.31. The third-order valence-electron chi connectivity index (χ3n) is 4.97. The van der Waals surface area contributed by atoms with E-state index in [1.165, 1.54) is 0 Å². The van der Waals surface area contributed by atoms with Crippen molar-refractivity contribution >= 4 is 17.4 Å². The Hall–Kier alpha value is -2.71. The molecule has 0 radical (unpaired) electrons. The van der Waals surface area contributed by atoms with Crippen LogP contribution in [0.4, 0.5) is 0 Å². The number of Topliss-reactive ketones (excluding diaryl/α,β-unsaturated/α-hetero) is 1. The van der Waals surface area contributed by atoms with Crippen LogP contribution in [-0.4, -0.2) is 35.8 Å². The van der Waals surface area contributed by atoms with Crippen LogP contribution in [0.25, 0.3) is 11.6 Å². The SMILES string of the molecule is C#C.CCC/C(=C/C(C)O)c1c2c(c3c(c1OC)C(=O)CC(C)O3)C=CC(C)(C)O2. The zero-order chi connectivity index (χ0) is 22.6. The Morgan fingerprint density at radius 1 is 1.40 bits per heavy atom. The Bertz CT molecular complexity index is 887. The number of methoxy groups -OCH3 is 1. The normalized spacial score (nSPS) is 20.0. The average molecular weight is 413 g/mol. The van der Waals surface area contributed by atoms with Crippen LogP contribution in [0.1, 0.15) is 75.4 Å². The molecule has 30 heavy (non-hydrogen) atoms. The van der Waals surface area contributed by atoms with Gasteiger partial charge in [0.1, 0.15) is 34.5 Å². The van der Waals surface area contributed by atoms with Crippen molar-refractivity contribution in [1.29, 1.82) is 0 Å². The fourth-order valence-corrected chi connectivity index (χ4v) is 3.87. The van der Waals surface area contributed by atoms with Gasteiger partial charge in [0.25, 0.3) is 0 Å². The van der Waals surface area contributed by atoms with Gasteiger partial charge in [-0.15, -0.1) is 12.8 Å². The van der Waals surface area contributed by atoms with E-state index in [2.05, 4.69) is 19.8 Å². The number of ketones is 1. The first-order valence-corrected chi connectivity index (χ1v) is 10.3. The summed E-state index contributed by atoms with van der Waals surface area (Å²) in [6.45, 7) is 9.64. The van der Waals surface area contributed by atoms with Crippen LogP contribution in [-0.2, 0) is 0 Å². The molecular formula is C25H32O5. The monoisotopic (exact) mass is 412 g/mol. The first-order valence-electron chi connectivity index (χ1n) is 10.3. The molecule has 2 heterocycles. The Labute approximate surface area is 179 Å². The minimum absolute atomic E-state index is 0.000721. The average Bonchev–Trinajstić information content (AvgIpc) is 2.66. The predicted octanol–water partition coefficient (Wildman–Crippen LogP) is 5.05. The van der Waals surface area contributed by atoms with Gasteiger partial charge in [-0.3, -0.25) is 4.79 Å². The summed E-state index contributed by atoms with van der Waals surface area (Å²) >= 11 is 0. The van der Waals surface area contributed by atoms with Crippen LogP contribution in [0.5, 0.6) is 17.2 Å². The van der Waals surface area contributed by atoms with Crippen LogP contribution < -0.4 is 14.2 Å². The highest BCUT2D eigenvalue weighted by Gasteiger charge is 2.38. The molecule has 2 aliphatic heterocycles. The quantitative estimate of drug-likeness (QED) is 0.686. The molecule has 0 aromatic heterocycles. The van der Waals surface area contributed by atoms with Crippen LogP contribution in [0, 0.1) is 12.8 Å². The van der Waals surface area contributed by atoms with E-state index in [0.29, 0.717) is 29.2 Å². The third-order valence-corrected chi connectivity index (χ3v) is 4.97. The van der Waals surface area contributed by atoms with Crippen molar-refractivity contribution in [3.05, 3.63) is 28.8 Å². The maximum absolute atomic E-state index is 12.9. The number of terminal acetylenes is 1. The molecule has 0 spiro atoms. The molecule has 0 aliphatic carbocycles. The summed E-state index contributed by atoms with van der Waals surface area (Å²) in [5, 5.41) is 10.0. The highest BCUT2D eigenvalue weighted by molar-refractivity contribution is 6.06. The van der Waals surface area contributed by atoms with E-state index in [4.69, 9.17) is 14.2 Å². The third kappa shape index (κ3) is 4.55. The molecule has 0 saturated carbocycles. The molecule has 2 unspecified atom stereocenters. The van der Waals surface area contributed by atoms with E-state index in [-0.39, 0.29) is 11.9 Å². The van der Waals surface area contributed by atoms with Gasteiger partial charge in [0.15, 0.2) is 5.78 Å². The summed E-state index contributed by atoms with van der Waals surface area (Å²) in [4.78, 5) is 12.9. The van der Waals surface area contributed by atoms with E-state index >= 15 is 0 Å². The maximum Gasteiger partial charge on any atom is 0.174 e. The molecule has 1 aromatic rings. The van der Waals surface area contributed by atoms with Gasteiger partial charge in [-0.2, -0.15) is 0 Å². The minimum Gasteiger partial charge on any atom is -0.495 e. The zero-order valence-corrected chi connectivity index (χ0v) is 18.7. The molecule has 1 aromatic carbocycles. The molecular weight excluding hydrogens is 380 g/mol. The van der Waals surface area contributed by atoms with Gasteiger partial charge in [0.2, 0.25) is 0 Å². The Balaban J connectivity index is 0.00000155. The maximum atomic E-state index is 12.9. The molecule has 2 aliphatic rings. The van der Waals surface area contributed by atoms with Gasteiger partial charge in [0.05, 0.1) is 24.3 Å². The molecule has 5 nitrogen and oxygen atoms in total. The summed E-state index contributed by atoms with van der Waals surface area (Å²) in [7, 11) is 1.56. The Morgan fingerprint density at radius 3 is 2.63 bits per heavy atom. The predicted molar refractivity (Wildman–Crippen MR) is 120 cm³/mol. The lowest BCUT2D eigenvalue weighted by Gasteiger charge is -2.35. The fraction of sp³-hybridized carbons (Fsp3) is 0.480. The van der Waals surface area contributed by atoms with Crippen molar-refractivity contribution in [2.45, 2.75) is 71.7 Å². The summed E-state index contributed by atoms with van der Waals surface area (Å²) in [6.07, 6.45) is 14.8. The molecule has 0 amide bonds. The molecule has 0 bridgehead atoms. The van der Waals surface area contributed by atoms with E-state index in [9.17, 15) is 9.90 Å². The number of hydrogen-bond acceptors (Lipinski definition) is 5. The number of rotatable bonds is 5. The molecule has 162 valence electrons. The highest BCUT2D eigenvalue weighted by Crippen LogP contribution is 2.52. The van der Waals surface area contributed by atoms with Crippen LogP contribution in [0.15, 0.2) is 12.2 Å². The van der Waals surface area contributed by atoms with Crippen molar-refractivity contribution in [3.63, 3.8) is 0 Å². The van der Waals surface area contributed by atoms with Gasteiger partial charge in [-0.1, -0.05) is 19.4 Å². The number of aliphatic hydroxyl groups excluding tert-OH is 1. The number of carbonyl (C=O) groups excluding carboxylic acids is 1. The van der Waals surface area contributed by atoms with Crippen LogP contribution in [0.2, 0.25) is 0 Å². The van der Waals surface area contributed by atoms with Crippen molar-refractivity contribution in [3.8, 4) is 30.1 Å². The summed E-state index contributed by atoms with van der Waals surface area (Å²) in [5.74, 6) is 1.64. The van der Waals surface area contributed by atoms with Crippen molar-refractivity contribution < 1.29 is 24.1 Å². The first kappa shape index (κ1) is 23.6. The van der Waals surface area contributed by atoms with Gasteiger partial charge < -0.3 is 19.3 Å². The van der Waals surface area contributed by atoms with Gasteiger partial charge in [-0.05, 0) is 51.8 Å². The lowest BCUT2D eigenvalue weighted by molar-refractivity contribution is 0.0862. The van der Waals surface area contributed by atoms with Crippen molar-refractivity contribution in [2.75, 3.05) is 7.11 Å². The standard InChI is InChI=1S/C23H30O5.C2H2/c1-7-8-15(11-13(2)24)18-21-16(9-10-23(4,5)28-21)20-19(22(18)26-6)17(25)12-14(3)27-20;1-2/h9-11,13-14,24H,7-8,12H2,1-6H3;1-2H/b15-11-;. The zero-order valence-electron chi connectivity index (χ0n) is 18.7. The summed E-state index contributed by atoms with van der Waals surface area (Å²) in [6, 6.07) is 0. The first-order chi connectivity index (χ1) is 14.2. The summed E-state index contributed by atoms with van der Waals surface area (Å²) in [5.41, 5.74) is 2.37. The van der Waals surface area contributed by atoms with Gasteiger partial charge >= 0.3 is 0 Å². The molecule has 2 atom stereocenters. The number of benzene rings is 1. The van der Waals surface area contributed by atoms with Crippen LogP contribution >= 0.6 is 0 Å². The number of aliphatic hydroxyl groups is 1. The Kier molecular flexibility index (Phi) is 7.39. The van der Waals surface area contributed by atoms with E-state index in [0.717, 1.165) is 29.5 Å². The molecule has 3 rings (SSSR count). The van der Waals surface area contributed by atoms with Gasteiger partial charge in [0, 0.05) is 6.42 Å². The second kappa shape index (κ2) is 9.40. The second-order valence-electron chi connectivity index (χ2n) is 8.13. The number of fused-ring (bicyclic) bond motifs is 3. The lowest BCUT2D eigenvalue weighted by atomic mass is 9.86. The van der Waals surface area contributed by atoms with E-state index < -0.39 is 11.7 Å². The highest BCUT2D eigenvalue weighted by atomic mass is 16.5.